The lowest BCUT2D eigenvalue weighted by Gasteiger charge is -2.35. The van der Waals surface area contributed by atoms with Gasteiger partial charge in [0.25, 0.3) is 0 Å². The van der Waals surface area contributed by atoms with Crippen molar-refractivity contribution in [2.45, 2.75) is 128 Å². The molecular formula is C35H58N4O5. The molecule has 6 aliphatic rings. The van der Waals surface area contributed by atoms with E-state index in [1.165, 1.54) is 7.11 Å². The van der Waals surface area contributed by atoms with Crippen molar-refractivity contribution in [2.75, 3.05) is 7.11 Å². The zero-order valence-electron chi connectivity index (χ0n) is 27.6. The van der Waals surface area contributed by atoms with Crippen LogP contribution in [0.2, 0.25) is 0 Å². The van der Waals surface area contributed by atoms with Crippen LogP contribution in [0.15, 0.2) is 12.7 Å². The Kier molecular flexibility index (Phi) is 9.28. The number of carboxylic acid groups (broad SMARTS) is 1. The normalized spacial score (nSPS) is 53.1. The molecule has 0 aromatic carbocycles. The summed E-state index contributed by atoms with van der Waals surface area (Å²) in [6.07, 6.45) is 6.19. The predicted molar refractivity (Wildman–Crippen MR) is 170 cm³/mol. The van der Waals surface area contributed by atoms with Crippen LogP contribution in [-0.2, 0) is 14.3 Å². The van der Waals surface area contributed by atoms with Gasteiger partial charge in [0.15, 0.2) is 0 Å². The molecule has 5 aliphatic heterocycles. The zero-order chi connectivity index (χ0) is 31.6. The van der Waals surface area contributed by atoms with Gasteiger partial charge >= 0.3 is 11.9 Å². The summed E-state index contributed by atoms with van der Waals surface area (Å²) in [5.74, 6) is 0.497. The molecule has 248 valence electrons. The first-order chi connectivity index (χ1) is 21.0. The van der Waals surface area contributed by atoms with E-state index >= 15 is 0 Å². The number of methoxy groups -OCH3 is 1. The molecule has 0 amide bonds. The van der Waals surface area contributed by atoms with Gasteiger partial charge in [-0.3, -0.25) is 9.59 Å². The van der Waals surface area contributed by atoms with Crippen LogP contribution in [0, 0.1) is 59.2 Å². The van der Waals surface area contributed by atoms with Crippen molar-refractivity contribution in [3.8, 4) is 0 Å². The smallest absolute Gasteiger partial charge is 0.311 e. The highest BCUT2D eigenvalue weighted by molar-refractivity contribution is 5.74. The first-order valence-electron chi connectivity index (χ1n) is 17.6. The number of carboxylic acids is 1. The molecule has 19 unspecified atom stereocenters. The largest absolute Gasteiger partial charge is 0.481 e. The predicted octanol–water partition coefficient (Wildman–Crippen LogP) is 2.78. The van der Waals surface area contributed by atoms with E-state index in [1.54, 1.807) is 0 Å². The molecule has 0 radical (unpaired) electrons. The Hall–Kier alpha value is -1.52. The minimum atomic E-state index is -0.795. The van der Waals surface area contributed by atoms with Crippen molar-refractivity contribution in [1.29, 1.82) is 0 Å². The summed E-state index contributed by atoms with van der Waals surface area (Å²) in [6, 6.07) is 1.81. The topological polar surface area (TPSA) is 132 Å². The van der Waals surface area contributed by atoms with E-state index in [9.17, 15) is 19.8 Å². The molecule has 9 nitrogen and oxygen atoms in total. The van der Waals surface area contributed by atoms with E-state index in [4.69, 9.17) is 4.74 Å². The molecule has 5 saturated heterocycles. The third-order valence-corrected chi connectivity index (χ3v) is 14.1. The quantitative estimate of drug-likeness (QED) is 0.198. The van der Waals surface area contributed by atoms with Crippen LogP contribution in [0.25, 0.3) is 0 Å². The molecule has 8 bridgehead atoms. The maximum atomic E-state index is 13.4. The molecule has 9 heteroatoms. The van der Waals surface area contributed by atoms with Crippen LogP contribution >= 0.6 is 0 Å². The monoisotopic (exact) mass is 614 g/mol. The highest BCUT2D eigenvalue weighted by atomic mass is 16.5. The lowest BCUT2D eigenvalue weighted by Crippen LogP contribution is -2.52. The van der Waals surface area contributed by atoms with Gasteiger partial charge in [0, 0.05) is 66.6 Å². The molecule has 1 saturated carbocycles. The molecule has 5 heterocycles. The number of aliphatic carboxylic acids is 1. The number of carbonyl (C=O) groups is 2. The van der Waals surface area contributed by atoms with Crippen molar-refractivity contribution < 1.29 is 24.5 Å². The van der Waals surface area contributed by atoms with Gasteiger partial charge in [-0.15, -0.1) is 6.58 Å². The standard InChI is InChI=1S/C35H58N4O5/c1-8-19-15(3)22-12-24-17(5)21(10-11-28(40)41)32(38-24)30-31(35(43)44-7)34(42)29-18(6)25(39-33(29)30)14-27-20(9-2)16(4)23(37-27)13-26(19)36-22/h8,15-27,29-34,36-39,42H,1,9-14H2,2-7H3,(H,40,41). The van der Waals surface area contributed by atoms with Crippen molar-refractivity contribution in [2.24, 2.45) is 59.2 Å². The Bertz CT molecular complexity index is 1090. The molecule has 6 rings (SSSR count). The second-order valence-corrected chi connectivity index (χ2v) is 15.7. The number of rotatable bonds is 6. The molecule has 1 aliphatic carbocycles. The van der Waals surface area contributed by atoms with Crippen LogP contribution in [0.3, 0.4) is 0 Å². The molecular weight excluding hydrogens is 556 g/mol. The van der Waals surface area contributed by atoms with Gasteiger partial charge in [0.05, 0.1) is 19.1 Å². The molecule has 0 spiro atoms. The minimum Gasteiger partial charge on any atom is -0.481 e. The number of aliphatic hydroxyl groups is 1. The van der Waals surface area contributed by atoms with Crippen LogP contribution in [-0.4, -0.2) is 83.7 Å². The van der Waals surface area contributed by atoms with Crippen LogP contribution < -0.4 is 21.3 Å². The van der Waals surface area contributed by atoms with Gasteiger partial charge in [-0.1, -0.05) is 47.1 Å². The Labute approximate surface area is 264 Å². The third kappa shape index (κ3) is 5.26. The van der Waals surface area contributed by atoms with E-state index < -0.39 is 18.0 Å². The number of hydrogen-bond acceptors (Lipinski definition) is 8. The summed E-state index contributed by atoms with van der Waals surface area (Å²) in [5, 5.41) is 37.8. The molecule has 6 N–H and O–H groups in total. The zero-order valence-corrected chi connectivity index (χ0v) is 27.6. The fraction of sp³-hybridized carbons (Fsp3) is 0.886. The number of ether oxygens (including phenoxy) is 1. The fourth-order valence-corrected chi connectivity index (χ4v) is 11.7. The van der Waals surface area contributed by atoms with Gasteiger partial charge in [0.1, 0.15) is 0 Å². The third-order valence-electron chi connectivity index (χ3n) is 14.1. The van der Waals surface area contributed by atoms with Gasteiger partial charge in [-0.2, -0.15) is 0 Å². The number of hydrogen-bond donors (Lipinski definition) is 6. The summed E-state index contributed by atoms with van der Waals surface area (Å²) in [4.78, 5) is 25.2. The molecule has 0 aromatic rings. The Morgan fingerprint density at radius 3 is 2.02 bits per heavy atom. The van der Waals surface area contributed by atoms with Gasteiger partial charge in [-0.05, 0) is 67.1 Å². The molecule has 6 fully saturated rings. The van der Waals surface area contributed by atoms with E-state index in [2.05, 4.69) is 68.5 Å². The fourth-order valence-electron chi connectivity index (χ4n) is 11.7. The van der Waals surface area contributed by atoms with Crippen molar-refractivity contribution >= 4 is 11.9 Å². The average Bonchev–Trinajstić information content (AvgIpc) is 3.72. The Balaban J connectivity index is 1.40. The van der Waals surface area contributed by atoms with Gasteiger partial charge in [-0.25, -0.2) is 0 Å². The first-order valence-corrected chi connectivity index (χ1v) is 17.6. The second-order valence-electron chi connectivity index (χ2n) is 15.7. The van der Waals surface area contributed by atoms with Gasteiger partial charge in [0.2, 0.25) is 0 Å². The second kappa shape index (κ2) is 12.6. The van der Waals surface area contributed by atoms with E-state index in [1.807, 2.05) is 0 Å². The number of aliphatic hydroxyl groups excluding tert-OH is 1. The number of esters is 1. The Morgan fingerprint density at radius 2 is 1.36 bits per heavy atom. The summed E-state index contributed by atoms with van der Waals surface area (Å²) in [6.45, 7) is 15.9. The molecule has 44 heavy (non-hydrogen) atoms. The highest BCUT2D eigenvalue weighted by Crippen LogP contribution is 2.53. The number of fused-ring (bicyclic) bond motifs is 8. The summed E-state index contributed by atoms with van der Waals surface area (Å²) < 4.78 is 5.34. The lowest BCUT2D eigenvalue weighted by atomic mass is 9.75. The number of carbonyl (C=O) groups excluding carboxylic acids is 1. The van der Waals surface area contributed by atoms with Crippen molar-refractivity contribution in [3.63, 3.8) is 0 Å². The van der Waals surface area contributed by atoms with Crippen molar-refractivity contribution in [1.82, 2.24) is 21.3 Å². The number of nitrogens with one attached hydrogen (secondary N) is 4. The highest BCUT2D eigenvalue weighted by Gasteiger charge is 2.64. The van der Waals surface area contributed by atoms with Crippen LogP contribution in [0.1, 0.15) is 73.1 Å². The first kappa shape index (κ1) is 32.4. The molecule has 0 aromatic heterocycles. The van der Waals surface area contributed by atoms with E-state index in [0.29, 0.717) is 54.3 Å². The lowest BCUT2D eigenvalue weighted by molar-refractivity contribution is -0.152. The molecule has 19 atom stereocenters. The maximum absolute atomic E-state index is 13.4. The van der Waals surface area contributed by atoms with E-state index in [0.717, 1.165) is 25.7 Å². The van der Waals surface area contributed by atoms with Gasteiger partial charge < -0.3 is 36.2 Å². The maximum Gasteiger partial charge on any atom is 0.311 e. The Morgan fingerprint density at radius 1 is 0.795 bits per heavy atom. The average molecular weight is 615 g/mol. The minimum absolute atomic E-state index is 0.0365. The van der Waals surface area contributed by atoms with Crippen LogP contribution in [0.5, 0.6) is 0 Å². The summed E-state index contributed by atoms with van der Waals surface area (Å²) in [5.41, 5.74) is 0. The van der Waals surface area contributed by atoms with Crippen LogP contribution in [0.4, 0.5) is 0 Å². The summed E-state index contributed by atoms with van der Waals surface area (Å²) >= 11 is 0. The summed E-state index contributed by atoms with van der Waals surface area (Å²) in [7, 11) is 1.42. The van der Waals surface area contributed by atoms with Crippen molar-refractivity contribution in [3.05, 3.63) is 12.7 Å². The SMILES string of the molecule is C=CC1C2CC3NC(CC4NC5C(C4C)C(O)C(C(=O)OC)C5C4NC(CC(N2)C1C)C(C)C4CCC(=O)O)C(CC)C3C. The van der Waals surface area contributed by atoms with E-state index in [-0.39, 0.29) is 66.1 Å².